The lowest BCUT2D eigenvalue weighted by molar-refractivity contribution is -0.125. The molecule has 0 bridgehead atoms. The van der Waals surface area contributed by atoms with Crippen molar-refractivity contribution in [2.45, 2.75) is 57.5 Å². The van der Waals surface area contributed by atoms with Crippen molar-refractivity contribution in [3.8, 4) is 5.75 Å². The zero-order chi connectivity index (χ0) is 15.2. The summed E-state index contributed by atoms with van der Waals surface area (Å²) >= 11 is 0. The lowest BCUT2D eigenvalue weighted by Crippen LogP contribution is -2.42. The maximum Gasteiger partial charge on any atom is 0.293 e. The second kappa shape index (κ2) is 7.29. The average Bonchev–Trinajstić information content (AvgIpc) is 2.50. The van der Waals surface area contributed by atoms with Crippen LogP contribution in [-0.2, 0) is 4.79 Å². The van der Waals surface area contributed by atoms with Crippen LogP contribution >= 0.6 is 0 Å². The molecular weight excluding hydrogens is 268 g/mol. The molecule has 0 saturated heterocycles. The molecule has 2 rings (SSSR count). The number of carbonyl (C=O) groups is 1. The zero-order valence-electron chi connectivity index (χ0n) is 12.8. The standard InChI is InChI=1S/C16H24N2O3/c1-3-13(15(19)17-12-8-5-4-6-9-12)18-11-7-10-14(21-2)16(18)20/h7,10-13H,3-6,8-9H2,1-2H3,(H,17,19)/t13-/m0/s1. The van der Waals surface area contributed by atoms with E-state index in [1.165, 1.54) is 30.9 Å². The van der Waals surface area contributed by atoms with Gasteiger partial charge in [-0.25, -0.2) is 0 Å². The molecule has 1 aromatic rings. The van der Waals surface area contributed by atoms with Crippen LogP contribution in [0, 0.1) is 0 Å². The van der Waals surface area contributed by atoms with Crippen molar-refractivity contribution in [3.63, 3.8) is 0 Å². The van der Waals surface area contributed by atoms with Crippen LogP contribution in [-0.4, -0.2) is 23.6 Å². The van der Waals surface area contributed by atoms with Gasteiger partial charge in [0.15, 0.2) is 5.75 Å². The molecule has 0 unspecified atom stereocenters. The zero-order valence-corrected chi connectivity index (χ0v) is 12.8. The molecule has 5 nitrogen and oxygen atoms in total. The molecule has 1 fully saturated rings. The molecule has 1 aliphatic rings. The van der Waals surface area contributed by atoms with E-state index < -0.39 is 6.04 Å². The Balaban J connectivity index is 2.15. The van der Waals surface area contributed by atoms with Crippen LogP contribution < -0.4 is 15.6 Å². The monoisotopic (exact) mass is 292 g/mol. The summed E-state index contributed by atoms with van der Waals surface area (Å²) < 4.78 is 6.51. The summed E-state index contributed by atoms with van der Waals surface area (Å²) in [5, 5.41) is 3.09. The van der Waals surface area contributed by atoms with E-state index in [1.54, 1.807) is 18.3 Å². The number of methoxy groups -OCH3 is 1. The molecule has 0 radical (unpaired) electrons. The van der Waals surface area contributed by atoms with Gasteiger partial charge >= 0.3 is 0 Å². The summed E-state index contributed by atoms with van der Waals surface area (Å²) in [5.41, 5.74) is -0.259. The van der Waals surface area contributed by atoms with Gasteiger partial charge in [-0.05, 0) is 31.4 Å². The Morgan fingerprint density at radius 2 is 2.14 bits per heavy atom. The van der Waals surface area contributed by atoms with E-state index in [1.807, 2.05) is 6.92 Å². The van der Waals surface area contributed by atoms with Crippen LogP contribution in [0.4, 0.5) is 0 Å². The highest BCUT2D eigenvalue weighted by Crippen LogP contribution is 2.19. The lowest BCUT2D eigenvalue weighted by Gasteiger charge is -2.26. The van der Waals surface area contributed by atoms with E-state index in [0.29, 0.717) is 6.42 Å². The molecule has 1 N–H and O–H groups in total. The molecule has 0 aliphatic heterocycles. The predicted octanol–water partition coefficient (Wildman–Crippen LogP) is 2.26. The minimum absolute atomic E-state index is 0.0697. The Kier molecular flexibility index (Phi) is 5.42. The van der Waals surface area contributed by atoms with E-state index in [2.05, 4.69) is 5.32 Å². The third kappa shape index (κ3) is 3.65. The maximum absolute atomic E-state index is 12.5. The molecule has 1 atom stereocenters. The van der Waals surface area contributed by atoms with E-state index in [0.717, 1.165) is 12.8 Å². The van der Waals surface area contributed by atoms with Gasteiger partial charge in [-0.2, -0.15) is 0 Å². The quantitative estimate of drug-likeness (QED) is 0.905. The van der Waals surface area contributed by atoms with Gasteiger partial charge in [0.05, 0.1) is 7.11 Å². The summed E-state index contributed by atoms with van der Waals surface area (Å²) in [6, 6.07) is 3.12. The number of amides is 1. The van der Waals surface area contributed by atoms with Crippen LogP contribution in [0.3, 0.4) is 0 Å². The van der Waals surface area contributed by atoms with Crippen LogP contribution in [0.5, 0.6) is 5.75 Å². The topological polar surface area (TPSA) is 60.3 Å². The Labute approximate surface area is 125 Å². The van der Waals surface area contributed by atoms with Crippen LogP contribution in [0.1, 0.15) is 51.5 Å². The van der Waals surface area contributed by atoms with E-state index in [9.17, 15) is 9.59 Å². The number of nitrogens with one attached hydrogen (secondary N) is 1. The second-order valence-corrected chi connectivity index (χ2v) is 5.56. The number of rotatable bonds is 5. The van der Waals surface area contributed by atoms with Crippen molar-refractivity contribution in [1.29, 1.82) is 0 Å². The number of aromatic nitrogens is 1. The third-order valence-corrected chi connectivity index (χ3v) is 4.14. The Hall–Kier alpha value is -1.78. The molecule has 1 heterocycles. The van der Waals surface area contributed by atoms with Gasteiger partial charge in [0.25, 0.3) is 5.56 Å². The van der Waals surface area contributed by atoms with Gasteiger partial charge in [0.2, 0.25) is 5.91 Å². The fourth-order valence-electron chi connectivity index (χ4n) is 2.94. The van der Waals surface area contributed by atoms with Crippen LogP contribution in [0.2, 0.25) is 0 Å². The number of hydrogen-bond donors (Lipinski definition) is 1. The summed E-state index contributed by atoms with van der Waals surface area (Å²) in [7, 11) is 1.46. The number of ether oxygens (including phenoxy) is 1. The first-order valence-corrected chi connectivity index (χ1v) is 7.73. The van der Waals surface area contributed by atoms with Crippen molar-refractivity contribution >= 4 is 5.91 Å². The fourth-order valence-corrected chi connectivity index (χ4v) is 2.94. The van der Waals surface area contributed by atoms with E-state index >= 15 is 0 Å². The molecule has 0 aromatic carbocycles. The Morgan fingerprint density at radius 3 is 2.76 bits per heavy atom. The van der Waals surface area contributed by atoms with Gasteiger partial charge in [-0.1, -0.05) is 26.2 Å². The number of nitrogens with zero attached hydrogens (tertiary/aromatic N) is 1. The molecule has 1 aromatic heterocycles. The fraction of sp³-hybridized carbons (Fsp3) is 0.625. The van der Waals surface area contributed by atoms with E-state index in [4.69, 9.17) is 4.74 Å². The molecule has 21 heavy (non-hydrogen) atoms. The van der Waals surface area contributed by atoms with E-state index in [-0.39, 0.29) is 23.3 Å². The molecule has 0 spiro atoms. The van der Waals surface area contributed by atoms with Crippen molar-refractivity contribution in [2.75, 3.05) is 7.11 Å². The van der Waals surface area contributed by atoms with Gasteiger partial charge in [-0.3, -0.25) is 14.2 Å². The highest BCUT2D eigenvalue weighted by atomic mass is 16.5. The first-order chi connectivity index (χ1) is 10.2. The number of hydrogen-bond acceptors (Lipinski definition) is 3. The van der Waals surface area contributed by atoms with Crippen LogP contribution in [0.25, 0.3) is 0 Å². The summed E-state index contributed by atoms with van der Waals surface area (Å²) in [6.45, 7) is 1.91. The summed E-state index contributed by atoms with van der Waals surface area (Å²) in [4.78, 5) is 24.7. The van der Waals surface area contributed by atoms with Gasteiger partial charge in [0.1, 0.15) is 6.04 Å². The third-order valence-electron chi connectivity index (χ3n) is 4.14. The van der Waals surface area contributed by atoms with Gasteiger partial charge < -0.3 is 10.1 Å². The number of carbonyl (C=O) groups excluding carboxylic acids is 1. The average molecular weight is 292 g/mol. The van der Waals surface area contributed by atoms with Crippen LogP contribution in [0.15, 0.2) is 23.1 Å². The molecule has 116 valence electrons. The van der Waals surface area contributed by atoms with Gasteiger partial charge in [0, 0.05) is 12.2 Å². The second-order valence-electron chi connectivity index (χ2n) is 5.56. The molecule has 1 amide bonds. The lowest BCUT2D eigenvalue weighted by atomic mass is 9.95. The molecular formula is C16H24N2O3. The first kappa shape index (κ1) is 15.6. The molecule has 1 aliphatic carbocycles. The Bertz CT molecular complexity index is 533. The maximum atomic E-state index is 12.5. The minimum Gasteiger partial charge on any atom is -0.491 e. The van der Waals surface area contributed by atoms with Crippen molar-refractivity contribution in [3.05, 3.63) is 28.7 Å². The minimum atomic E-state index is -0.477. The van der Waals surface area contributed by atoms with Crippen molar-refractivity contribution < 1.29 is 9.53 Å². The summed E-state index contributed by atoms with van der Waals surface area (Å²) in [6.07, 6.45) is 7.88. The molecule has 1 saturated carbocycles. The Morgan fingerprint density at radius 1 is 1.43 bits per heavy atom. The number of pyridine rings is 1. The van der Waals surface area contributed by atoms with Crippen molar-refractivity contribution in [2.24, 2.45) is 0 Å². The predicted molar refractivity (Wildman–Crippen MR) is 81.6 cm³/mol. The SMILES string of the molecule is CC[C@@H](C(=O)NC1CCCCC1)n1cccc(OC)c1=O. The van der Waals surface area contributed by atoms with Crippen molar-refractivity contribution in [1.82, 2.24) is 9.88 Å². The first-order valence-electron chi connectivity index (χ1n) is 7.73. The molecule has 5 heteroatoms. The smallest absolute Gasteiger partial charge is 0.293 e. The highest BCUT2D eigenvalue weighted by Gasteiger charge is 2.24. The normalized spacial score (nSPS) is 17.2. The van der Waals surface area contributed by atoms with Gasteiger partial charge in [-0.15, -0.1) is 0 Å². The largest absolute Gasteiger partial charge is 0.491 e. The highest BCUT2D eigenvalue weighted by molar-refractivity contribution is 5.80. The summed E-state index contributed by atoms with van der Waals surface area (Å²) in [5.74, 6) is 0.196.